The standard InChI is InChI=1S/C19H21N3O4/c1-12-4-9-17(13(2)10-12)21-19(25)22-20-11-15-5-7-16(8-6-15)26-14(3)18(23)24/h4-11,14H,1-3H3,(H,23,24)(H2,21,22,25)/b20-11+/t14-/m1/s1. The molecular formula is C19H21N3O4. The van der Waals surface area contributed by atoms with E-state index in [9.17, 15) is 9.59 Å². The monoisotopic (exact) mass is 355 g/mol. The van der Waals surface area contributed by atoms with Crippen LogP contribution < -0.4 is 15.5 Å². The van der Waals surface area contributed by atoms with E-state index < -0.39 is 18.1 Å². The Morgan fingerprint density at radius 3 is 2.46 bits per heavy atom. The molecule has 2 aromatic carbocycles. The highest BCUT2D eigenvalue weighted by molar-refractivity contribution is 5.91. The fourth-order valence-corrected chi connectivity index (χ4v) is 2.16. The highest BCUT2D eigenvalue weighted by Gasteiger charge is 2.11. The molecule has 3 N–H and O–H groups in total. The molecule has 1 atom stereocenters. The van der Waals surface area contributed by atoms with Crippen molar-refractivity contribution in [3.8, 4) is 5.75 Å². The number of aliphatic carboxylic acids is 1. The lowest BCUT2D eigenvalue weighted by molar-refractivity contribution is -0.144. The van der Waals surface area contributed by atoms with Gasteiger partial charge in [0, 0.05) is 5.69 Å². The summed E-state index contributed by atoms with van der Waals surface area (Å²) in [6.45, 7) is 5.36. The summed E-state index contributed by atoms with van der Waals surface area (Å²) < 4.78 is 5.24. The summed E-state index contributed by atoms with van der Waals surface area (Å²) in [6, 6.07) is 12.0. The molecule has 136 valence electrons. The quantitative estimate of drug-likeness (QED) is 0.547. The fraction of sp³-hybridized carbons (Fsp3) is 0.211. The van der Waals surface area contributed by atoms with Gasteiger partial charge in [-0.05, 0) is 62.2 Å². The molecule has 7 heteroatoms. The van der Waals surface area contributed by atoms with Gasteiger partial charge in [0.15, 0.2) is 6.10 Å². The number of carboxylic acid groups (broad SMARTS) is 1. The molecule has 0 fully saturated rings. The highest BCUT2D eigenvalue weighted by atomic mass is 16.5. The first kappa shape index (κ1) is 19.0. The molecule has 0 saturated heterocycles. The van der Waals surface area contributed by atoms with Crippen molar-refractivity contribution < 1.29 is 19.4 Å². The van der Waals surface area contributed by atoms with E-state index in [-0.39, 0.29) is 0 Å². The van der Waals surface area contributed by atoms with Crippen LogP contribution in [0.1, 0.15) is 23.6 Å². The number of aryl methyl sites for hydroxylation is 2. The van der Waals surface area contributed by atoms with E-state index >= 15 is 0 Å². The van der Waals surface area contributed by atoms with E-state index in [1.54, 1.807) is 24.3 Å². The number of hydrogen-bond donors (Lipinski definition) is 3. The number of rotatable bonds is 6. The zero-order chi connectivity index (χ0) is 19.1. The van der Waals surface area contributed by atoms with E-state index in [2.05, 4.69) is 15.8 Å². The predicted molar refractivity (Wildman–Crippen MR) is 99.8 cm³/mol. The smallest absolute Gasteiger partial charge is 0.344 e. The molecule has 0 heterocycles. The topological polar surface area (TPSA) is 100 Å². The second-order valence-corrected chi connectivity index (χ2v) is 5.81. The maximum Gasteiger partial charge on any atom is 0.344 e. The van der Waals surface area contributed by atoms with Crippen LogP contribution in [0.15, 0.2) is 47.6 Å². The minimum absolute atomic E-state index is 0.441. The Balaban J connectivity index is 1.87. The van der Waals surface area contributed by atoms with Crippen LogP contribution in [0.25, 0.3) is 0 Å². The summed E-state index contributed by atoms with van der Waals surface area (Å²) >= 11 is 0. The Morgan fingerprint density at radius 2 is 1.85 bits per heavy atom. The Hall–Kier alpha value is -3.35. The molecule has 0 aliphatic carbocycles. The third-order valence-electron chi connectivity index (χ3n) is 3.55. The number of carboxylic acids is 1. The molecule has 0 radical (unpaired) electrons. The van der Waals surface area contributed by atoms with Gasteiger partial charge in [-0.3, -0.25) is 0 Å². The van der Waals surface area contributed by atoms with Crippen molar-refractivity contribution in [3.63, 3.8) is 0 Å². The van der Waals surface area contributed by atoms with Gasteiger partial charge in [-0.2, -0.15) is 5.10 Å². The second kappa shape index (κ2) is 8.66. The molecule has 0 unspecified atom stereocenters. The third-order valence-corrected chi connectivity index (χ3v) is 3.55. The zero-order valence-corrected chi connectivity index (χ0v) is 14.8. The maximum absolute atomic E-state index is 11.9. The minimum atomic E-state index is -1.03. The SMILES string of the molecule is Cc1ccc(NC(=O)N/N=C/c2ccc(O[C@H](C)C(=O)O)cc2)c(C)c1. The van der Waals surface area contributed by atoms with Gasteiger partial charge in [0.2, 0.25) is 0 Å². The number of anilines is 1. The predicted octanol–water partition coefficient (Wildman–Crippen LogP) is 3.31. The average molecular weight is 355 g/mol. The van der Waals surface area contributed by atoms with Crippen molar-refractivity contribution in [2.75, 3.05) is 5.32 Å². The van der Waals surface area contributed by atoms with Gasteiger partial charge >= 0.3 is 12.0 Å². The van der Waals surface area contributed by atoms with Gasteiger partial charge in [-0.25, -0.2) is 15.0 Å². The van der Waals surface area contributed by atoms with Gasteiger partial charge in [-0.15, -0.1) is 0 Å². The number of carbonyl (C=O) groups excluding carboxylic acids is 1. The number of carbonyl (C=O) groups is 2. The zero-order valence-electron chi connectivity index (χ0n) is 14.8. The van der Waals surface area contributed by atoms with Crippen LogP contribution in [0.2, 0.25) is 0 Å². The van der Waals surface area contributed by atoms with Gasteiger partial charge in [-0.1, -0.05) is 17.7 Å². The molecule has 0 aromatic heterocycles. The molecule has 2 aromatic rings. The van der Waals surface area contributed by atoms with E-state index in [1.807, 2.05) is 32.0 Å². The fourth-order valence-electron chi connectivity index (χ4n) is 2.16. The lowest BCUT2D eigenvalue weighted by Gasteiger charge is -2.10. The normalized spacial score (nSPS) is 11.8. The van der Waals surface area contributed by atoms with Gasteiger partial charge in [0.05, 0.1) is 6.21 Å². The molecule has 2 amide bonds. The number of ether oxygens (including phenoxy) is 1. The minimum Gasteiger partial charge on any atom is -0.479 e. The second-order valence-electron chi connectivity index (χ2n) is 5.81. The van der Waals surface area contributed by atoms with Crippen LogP contribution in [0.5, 0.6) is 5.75 Å². The Labute approximate surface area is 151 Å². The number of hydrazone groups is 1. The first-order chi connectivity index (χ1) is 12.3. The maximum atomic E-state index is 11.9. The molecule has 2 rings (SSSR count). The number of benzene rings is 2. The lowest BCUT2D eigenvalue weighted by Crippen LogP contribution is -2.24. The van der Waals surface area contributed by atoms with E-state index in [0.717, 1.165) is 22.4 Å². The van der Waals surface area contributed by atoms with Gasteiger partial charge < -0.3 is 15.2 Å². The third kappa shape index (κ3) is 5.62. The molecular weight excluding hydrogens is 334 g/mol. The largest absolute Gasteiger partial charge is 0.479 e. The first-order valence-electron chi connectivity index (χ1n) is 8.02. The molecule has 7 nitrogen and oxygen atoms in total. The van der Waals surface area contributed by atoms with E-state index in [0.29, 0.717) is 5.75 Å². The van der Waals surface area contributed by atoms with Crippen molar-refractivity contribution in [3.05, 3.63) is 59.2 Å². The number of hydrogen-bond acceptors (Lipinski definition) is 4. The summed E-state index contributed by atoms with van der Waals surface area (Å²) in [6.07, 6.45) is 0.552. The summed E-state index contributed by atoms with van der Waals surface area (Å²) in [7, 11) is 0. The van der Waals surface area contributed by atoms with Gasteiger partial charge in [0.1, 0.15) is 5.75 Å². The van der Waals surface area contributed by atoms with Crippen LogP contribution in [0, 0.1) is 13.8 Å². The molecule has 0 bridgehead atoms. The number of amides is 2. The molecule has 0 aliphatic rings. The van der Waals surface area contributed by atoms with Crippen LogP contribution in [-0.4, -0.2) is 29.4 Å². The summed E-state index contributed by atoms with van der Waals surface area (Å²) in [5, 5.41) is 15.4. The Bertz CT molecular complexity index is 816. The van der Waals surface area contributed by atoms with E-state index in [1.165, 1.54) is 13.1 Å². The van der Waals surface area contributed by atoms with Crippen LogP contribution in [-0.2, 0) is 4.79 Å². The van der Waals surface area contributed by atoms with Crippen molar-refractivity contribution in [1.82, 2.24) is 5.43 Å². The van der Waals surface area contributed by atoms with Crippen molar-refractivity contribution in [2.45, 2.75) is 26.9 Å². The summed E-state index contributed by atoms with van der Waals surface area (Å²) in [5.41, 5.74) is 5.93. The van der Waals surface area contributed by atoms with Crippen molar-refractivity contribution >= 4 is 23.9 Å². The number of nitrogens with one attached hydrogen (secondary N) is 2. The van der Waals surface area contributed by atoms with Crippen LogP contribution >= 0.6 is 0 Å². The molecule has 0 spiro atoms. The average Bonchev–Trinajstić information content (AvgIpc) is 2.59. The number of nitrogens with zero attached hydrogens (tertiary/aromatic N) is 1. The van der Waals surface area contributed by atoms with Crippen molar-refractivity contribution in [1.29, 1.82) is 0 Å². The Kier molecular flexibility index (Phi) is 6.32. The van der Waals surface area contributed by atoms with Gasteiger partial charge in [0.25, 0.3) is 0 Å². The number of urea groups is 1. The van der Waals surface area contributed by atoms with Crippen LogP contribution in [0.4, 0.5) is 10.5 Å². The highest BCUT2D eigenvalue weighted by Crippen LogP contribution is 2.16. The Morgan fingerprint density at radius 1 is 1.15 bits per heavy atom. The molecule has 0 aliphatic heterocycles. The van der Waals surface area contributed by atoms with E-state index in [4.69, 9.17) is 9.84 Å². The summed E-state index contributed by atoms with van der Waals surface area (Å²) in [5.74, 6) is -0.590. The lowest BCUT2D eigenvalue weighted by atomic mass is 10.1. The molecule has 26 heavy (non-hydrogen) atoms. The summed E-state index contributed by atoms with van der Waals surface area (Å²) in [4.78, 5) is 22.6. The van der Waals surface area contributed by atoms with Crippen molar-refractivity contribution in [2.24, 2.45) is 5.10 Å². The van der Waals surface area contributed by atoms with Crippen LogP contribution in [0.3, 0.4) is 0 Å². The first-order valence-corrected chi connectivity index (χ1v) is 8.02. The molecule has 0 saturated carbocycles.